The Morgan fingerprint density at radius 1 is 1.56 bits per heavy atom. The molecule has 0 spiro atoms. The molecule has 1 aromatic rings. The molecule has 0 radical (unpaired) electrons. The lowest BCUT2D eigenvalue weighted by Crippen LogP contribution is -2.38. The van der Waals surface area contributed by atoms with E-state index in [1.807, 2.05) is 5.38 Å². The molecule has 1 heterocycles. The van der Waals surface area contributed by atoms with Crippen molar-refractivity contribution in [3.05, 3.63) is 21.4 Å². The van der Waals surface area contributed by atoms with Crippen molar-refractivity contribution < 1.29 is 14.7 Å². The Morgan fingerprint density at radius 2 is 2.28 bits per heavy atom. The van der Waals surface area contributed by atoms with Crippen LogP contribution in [0.1, 0.15) is 41.1 Å². The van der Waals surface area contributed by atoms with Crippen LogP contribution in [0.5, 0.6) is 0 Å². The number of rotatable bonds is 3. The molecule has 0 aliphatic heterocycles. The molecule has 1 aromatic heterocycles. The summed E-state index contributed by atoms with van der Waals surface area (Å²) >= 11 is 1.61. The molecule has 0 aromatic carbocycles. The van der Waals surface area contributed by atoms with Gasteiger partial charge in [-0.15, -0.1) is 11.3 Å². The lowest BCUT2D eigenvalue weighted by atomic mass is 9.88. The highest BCUT2D eigenvalue weighted by molar-refractivity contribution is 7.10. The third-order valence-corrected chi connectivity index (χ3v) is 4.42. The van der Waals surface area contributed by atoms with Crippen molar-refractivity contribution in [1.29, 1.82) is 0 Å². The zero-order chi connectivity index (χ0) is 13.3. The summed E-state index contributed by atoms with van der Waals surface area (Å²) in [6.07, 6.45) is 3.05. The highest BCUT2D eigenvalue weighted by atomic mass is 32.1. The van der Waals surface area contributed by atoms with Crippen LogP contribution in [-0.4, -0.2) is 23.0 Å². The molecule has 2 unspecified atom stereocenters. The van der Waals surface area contributed by atoms with Crippen molar-refractivity contribution in [2.45, 2.75) is 39.2 Å². The van der Waals surface area contributed by atoms with Crippen LogP contribution >= 0.6 is 11.3 Å². The van der Waals surface area contributed by atoms with Crippen LogP contribution in [0, 0.1) is 5.92 Å². The molecule has 2 rings (SSSR count). The normalized spacial score (nSPS) is 20.0. The van der Waals surface area contributed by atoms with Gasteiger partial charge in [0, 0.05) is 10.3 Å². The number of fused-ring (bicyclic) bond motifs is 1. The Hall–Kier alpha value is -1.36. The monoisotopic (exact) mass is 267 g/mol. The summed E-state index contributed by atoms with van der Waals surface area (Å²) in [6.45, 7) is 3.69. The lowest BCUT2D eigenvalue weighted by molar-refractivity contribution is -0.138. The minimum absolute atomic E-state index is 0.267. The number of carbonyl (C=O) groups excluding carboxylic acids is 1. The number of amides is 1. The first kappa shape index (κ1) is 13.1. The summed E-state index contributed by atoms with van der Waals surface area (Å²) in [6, 6.07) is -0.851. The summed E-state index contributed by atoms with van der Waals surface area (Å²) in [4.78, 5) is 24.0. The van der Waals surface area contributed by atoms with E-state index in [-0.39, 0.29) is 5.91 Å². The molecule has 0 bridgehead atoms. The predicted molar refractivity (Wildman–Crippen MR) is 70.1 cm³/mol. The number of nitrogens with one attached hydrogen (secondary N) is 1. The van der Waals surface area contributed by atoms with Gasteiger partial charge < -0.3 is 10.4 Å². The van der Waals surface area contributed by atoms with Gasteiger partial charge in [0.1, 0.15) is 6.04 Å². The molecule has 0 saturated carbocycles. The van der Waals surface area contributed by atoms with E-state index in [0.717, 1.165) is 24.8 Å². The fourth-order valence-corrected chi connectivity index (χ4v) is 3.45. The van der Waals surface area contributed by atoms with Gasteiger partial charge in [-0.1, -0.05) is 6.92 Å². The minimum atomic E-state index is -1.01. The molecule has 98 valence electrons. The van der Waals surface area contributed by atoms with Crippen LogP contribution < -0.4 is 5.32 Å². The number of hydrogen-bond donors (Lipinski definition) is 2. The molecule has 4 nitrogen and oxygen atoms in total. The van der Waals surface area contributed by atoms with Crippen LogP contribution in [0.15, 0.2) is 5.38 Å². The molecule has 2 atom stereocenters. The highest BCUT2D eigenvalue weighted by Crippen LogP contribution is 2.32. The fraction of sp³-hybridized carbons (Fsp3) is 0.538. The number of carbonyl (C=O) groups is 2. The summed E-state index contributed by atoms with van der Waals surface area (Å²) in [5.74, 6) is -0.608. The molecule has 1 amide bonds. The van der Waals surface area contributed by atoms with Gasteiger partial charge in [0.2, 0.25) is 0 Å². The molecule has 18 heavy (non-hydrogen) atoms. The first-order chi connectivity index (χ1) is 8.49. The van der Waals surface area contributed by atoms with E-state index in [1.165, 1.54) is 11.8 Å². The first-order valence-electron chi connectivity index (χ1n) is 6.12. The van der Waals surface area contributed by atoms with Crippen LogP contribution in [0.4, 0.5) is 0 Å². The Balaban J connectivity index is 2.15. The second kappa shape index (κ2) is 5.10. The number of carboxylic acid groups (broad SMARTS) is 1. The maximum absolute atomic E-state index is 12.0. The number of aliphatic carboxylic acids is 1. The Bertz CT molecular complexity index is 481. The summed E-state index contributed by atoms with van der Waals surface area (Å²) < 4.78 is 0. The smallest absolute Gasteiger partial charge is 0.325 e. The van der Waals surface area contributed by atoms with E-state index in [9.17, 15) is 9.59 Å². The van der Waals surface area contributed by atoms with Gasteiger partial charge in [-0.2, -0.15) is 0 Å². The number of carboxylic acids is 1. The summed E-state index contributed by atoms with van der Waals surface area (Å²) in [7, 11) is 0. The Labute approximate surface area is 110 Å². The van der Waals surface area contributed by atoms with Gasteiger partial charge in [-0.05, 0) is 37.7 Å². The van der Waals surface area contributed by atoms with E-state index in [4.69, 9.17) is 5.11 Å². The maximum Gasteiger partial charge on any atom is 0.325 e. The molecular weight excluding hydrogens is 250 g/mol. The van der Waals surface area contributed by atoms with E-state index in [0.29, 0.717) is 11.5 Å². The van der Waals surface area contributed by atoms with Gasteiger partial charge >= 0.3 is 5.97 Å². The minimum Gasteiger partial charge on any atom is -0.480 e. The van der Waals surface area contributed by atoms with Gasteiger partial charge in [-0.3, -0.25) is 9.59 Å². The quantitative estimate of drug-likeness (QED) is 0.881. The maximum atomic E-state index is 12.0. The van der Waals surface area contributed by atoms with Crippen LogP contribution in [0.2, 0.25) is 0 Å². The van der Waals surface area contributed by atoms with Crippen molar-refractivity contribution in [3.8, 4) is 0 Å². The second-order valence-corrected chi connectivity index (χ2v) is 5.90. The highest BCUT2D eigenvalue weighted by Gasteiger charge is 2.24. The second-order valence-electron chi connectivity index (χ2n) is 4.93. The van der Waals surface area contributed by atoms with Gasteiger partial charge in [-0.25, -0.2) is 0 Å². The van der Waals surface area contributed by atoms with Crippen LogP contribution in [0.25, 0.3) is 0 Å². The summed E-state index contributed by atoms with van der Waals surface area (Å²) in [5.41, 5.74) is 1.78. The molecule has 2 N–H and O–H groups in total. The fourth-order valence-electron chi connectivity index (χ4n) is 2.20. The third-order valence-electron chi connectivity index (χ3n) is 3.36. The zero-order valence-corrected chi connectivity index (χ0v) is 11.3. The van der Waals surface area contributed by atoms with Crippen molar-refractivity contribution >= 4 is 23.2 Å². The van der Waals surface area contributed by atoms with Crippen molar-refractivity contribution in [3.63, 3.8) is 0 Å². The standard InChI is InChI=1S/C13H17NO3S/c1-7-3-4-9-10(6-18-11(9)5-7)12(15)14-8(2)13(16)17/h6-8H,3-5H2,1-2H3,(H,14,15)(H,16,17). The van der Waals surface area contributed by atoms with E-state index < -0.39 is 12.0 Å². The molecule has 1 aliphatic rings. The van der Waals surface area contributed by atoms with Crippen LogP contribution in [0.3, 0.4) is 0 Å². The number of hydrogen-bond acceptors (Lipinski definition) is 3. The SMILES string of the molecule is CC1CCc2c(C(=O)NC(C)C(=O)O)csc2C1. The predicted octanol–water partition coefficient (Wildman–Crippen LogP) is 2.08. The molecular formula is C13H17NO3S. The molecule has 1 aliphatic carbocycles. The first-order valence-corrected chi connectivity index (χ1v) is 7.00. The molecule has 0 saturated heterocycles. The van der Waals surface area contributed by atoms with Gasteiger partial charge in [0.05, 0.1) is 5.56 Å². The van der Waals surface area contributed by atoms with E-state index in [1.54, 1.807) is 11.3 Å². The Kier molecular flexibility index (Phi) is 3.71. The van der Waals surface area contributed by atoms with Gasteiger partial charge in [0.25, 0.3) is 5.91 Å². The average molecular weight is 267 g/mol. The van der Waals surface area contributed by atoms with Crippen LogP contribution in [-0.2, 0) is 17.6 Å². The molecule has 5 heteroatoms. The van der Waals surface area contributed by atoms with E-state index in [2.05, 4.69) is 12.2 Å². The lowest BCUT2D eigenvalue weighted by Gasteiger charge is -2.19. The van der Waals surface area contributed by atoms with Crippen molar-refractivity contribution in [2.75, 3.05) is 0 Å². The average Bonchev–Trinajstić information content (AvgIpc) is 2.71. The number of thiophene rings is 1. The van der Waals surface area contributed by atoms with Crippen molar-refractivity contribution in [2.24, 2.45) is 5.92 Å². The van der Waals surface area contributed by atoms with Gasteiger partial charge in [0.15, 0.2) is 0 Å². The van der Waals surface area contributed by atoms with Crippen molar-refractivity contribution in [1.82, 2.24) is 5.32 Å². The Morgan fingerprint density at radius 3 is 2.94 bits per heavy atom. The van der Waals surface area contributed by atoms with E-state index >= 15 is 0 Å². The molecule has 0 fully saturated rings. The largest absolute Gasteiger partial charge is 0.480 e. The third kappa shape index (κ3) is 2.56. The topological polar surface area (TPSA) is 66.4 Å². The summed E-state index contributed by atoms with van der Waals surface area (Å²) in [5, 5.41) is 13.2. The zero-order valence-electron chi connectivity index (χ0n) is 10.5.